The maximum absolute atomic E-state index is 13.7. The fourth-order valence-electron chi connectivity index (χ4n) is 4.61. The lowest BCUT2D eigenvalue weighted by atomic mass is 10.0. The monoisotopic (exact) mass is 453 g/mol. The quantitative estimate of drug-likeness (QED) is 0.532. The van der Waals surface area contributed by atoms with Crippen LogP contribution in [0.25, 0.3) is 5.57 Å². The number of hydrogen-bond donors (Lipinski definition) is 0. The van der Waals surface area contributed by atoms with Crippen molar-refractivity contribution < 1.29 is 14.3 Å². The Morgan fingerprint density at radius 1 is 0.735 bits per heavy atom. The third-order valence-corrected chi connectivity index (χ3v) is 6.39. The van der Waals surface area contributed by atoms with Gasteiger partial charge in [0.25, 0.3) is 11.8 Å². The minimum absolute atomic E-state index is 0.273. The second kappa shape index (κ2) is 9.53. The third kappa shape index (κ3) is 4.20. The second-order valence-electron chi connectivity index (χ2n) is 8.48. The molecular weight excluding hydrogens is 426 g/mol. The molecule has 2 aliphatic rings. The van der Waals surface area contributed by atoms with Crippen LogP contribution in [-0.4, -0.2) is 54.9 Å². The van der Waals surface area contributed by atoms with E-state index < -0.39 is 0 Å². The number of nitrogens with zero attached hydrogens (tertiary/aromatic N) is 3. The molecule has 2 heterocycles. The van der Waals surface area contributed by atoms with Gasteiger partial charge in [0, 0.05) is 32.7 Å². The van der Waals surface area contributed by atoms with Crippen LogP contribution in [0.1, 0.15) is 11.1 Å². The minimum atomic E-state index is -0.289. The van der Waals surface area contributed by atoms with E-state index in [0.717, 1.165) is 25.2 Å². The zero-order valence-electron chi connectivity index (χ0n) is 19.2. The van der Waals surface area contributed by atoms with Crippen molar-refractivity contribution in [2.75, 3.05) is 38.2 Å². The van der Waals surface area contributed by atoms with Crippen LogP contribution < -0.4 is 9.64 Å². The molecule has 0 aromatic heterocycles. The molecule has 1 fully saturated rings. The highest BCUT2D eigenvalue weighted by atomic mass is 16.5. The fourth-order valence-corrected chi connectivity index (χ4v) is 4.61. The highest BCUT2D eigenvalue weighted by Crippen LogP contribution is 2.35. The van der Waals surface area contributed by atoms with Gasteiger partial charge in [-0.1, -0.05) is 60.7 Å². The van der Waals surface area contributed by atoms with E-state index in [4.69, 9.17) is 4.74 Å². The molecule has 0 radical (unpaired) electrons. The summed E-state index contributed by atoms with van der Waals surface area (Å²) in [7, 11) is 1.59. The van der Waals surface area contributed by atoms with Crippen molar-refractivity contribution >= 4 is 23.1 Å². The Bertz CT molecular complexity index is 1200. The number of imide groups is 1. The normalized spacial score (nSPS) is 17.0. The maximum atomic E-state index is 13.7. The van der Waals surface area contributed by atoms with Crippen molar-refractivity contribution in [3.63, 3.8) is 0 Å². The van der Waals surface area contributed by atoms with Gasteiger partial charge in [0.2, 0.25) is 0 Å². The highest BCUT2D eigenvalue weighted by molar-refractivity contribution is 6.45. The Morgan fingerprint density at radius 2 is 1.35 bits per heavy atom. The molecule has 6 heteroatoms. The first kappa shape index (κ1) is 21.9. The zero-order valence-corrected chi connectivity index (χ0v) is 19.2. The number of piperazine rings is 1. The summed E-state index contributed by atoms with van der Waals surface area (Å²) in [4.78, 5) is 33.0. The van der Waals surface area contributed by atoms with Crippen molar-refractivity contribution in [3.8, 4) is 5.75 Å². The van der Waals surface area contributed by atoms with E-state index >= 15 is 0 Å². The van der Waals surface area contributed by atoms with Crippen molar-refractivity contribution in [2.45, 2.75) is 6.54 Å². The maximum Gasteiger partial charge on any atom is 0.282 e. The van der Waals surface area contributed by atoms with E-state index in [0.29, 0.717) is 35.8 Å². The second-order valence-corrected chi connectivity index (χ2v) is 8.48. The van der Waals surface area contributed by atoms with Crippen molar-refractivity contribution in [1.82, 2.24) is 9.80 Å². The summed E-state index contributed by atoms with van der Waals surface area (Å²) in [5.41, 5.74) is 3.54. The fraction of sp³-hybridized carbons (Fsp3) is 0.214. The molecule has 172 valence electrons. The largest absolute Gasteiger partial charge is 0.497 e. The van der Waals surface area contributed by atoms with Gasteiger partial charge >= 0.3 is 0 Å². The topological polar surface area (TPSA) is 53.1 Å². The minimum Gasteiger partial charge on any atom is -0.497 e. The Hall–Kier alpha value is -3.90. The number of rotatable bonds is 6. The molecule has 3 aromatic carbocycles. The highest BCUT2D eigenvalue weighted by Gasteiger charge is 2.43. The van der Waals surface area contributed by atoms with Crippen LogP contribution in [0.4, 0.5) is 5.69 Å². The number of anilines is 1. The SMILES string of the molecule is COc1ccc(N2C(=O)C(c3ccccc3)=C(N3CCN(Cc4ccccc4)CC3)C2=O)cc1. The Balaban J connectivity index is 1.42. The molecule has 0 spiro atoms. The van der Waals surface area contributed by atoms with Crippen LogP contribution in [0, 0.1) is 0 Å². The van der Waals surface area contributed by atoms with E-state index in [-0.39, 0.29) is 11.8 Å². The molecule has 2 amide bonds. The van der Waals surface area contributed by atoms with Crippen molar-refractivity contribution in [1.29, 1.82) is 0 Å². The summed E-state index contributed by atoms with van der Waals surface area (Å²) in [5, 5.41) is 0. The van der Waals surface area contributed by atoms with Gasteiger partial charge in [-0.25, -0.2) is 4.90 Å². The summed E-state index contributed by atoms with van der Waals surface area (Å²) >= 11 is 0. The van der Waals surface area contributed by atoms with Gasteiger partial charge in [-0.3, -0.25) is 14.5 Å². The van der Waals surface area contributed by atoms with E-state index in [2.05, 4.69) is 34.1 Å². The number of amides is 2. The van der Waals surface area contributed by atoms with Crippen LogP contribution in [0.3, 0.4) is 0 Å². The van der Waals surface area contributed by atoms with Crippen molar-refractivity contribution in [2.24, 2.45) is 0 Å². The van der Waals surface area contributed by atoms with Crippen molar-refractivity contribution in [3.05, 3.63) is 102 Å². The van der Waals surface area contributed by atoms with Crippen LogP contribution in [0.5, 0.6) is 5.75 Å². The lowest BCUT2D eigenvalue weighted by molar-refractivity contribution is -0.120. The predicted octanol–water partition coefficient (Wildman–Crippen LogP) is 3.80. The zero-order chi connectivity index (χ0) is 23.5. The first-order chi connectivity index (χ1) is 16.7. The Kier molecular flexibility index (Phi) is 6.14. The number of benzene rings is 3. The smallest absolute Gasteiger partial charge is 0.282 e. The molecule has 3 aromatic rings. The van der Waals surface area contributed by atoms with Gasteiger partial charge in [-0.2, -0.15) is 0 Å². The summed E-state index contributed by atoms with van der Waals surface area (Å²) < 4.78 is 5.23. The van der Waals surface area contributed by atoms with Crippen LogP contribution in [0.2, 0.25) is 0 Å². The molecule has 5 rings (SSSR count). The molecule has 0 N–H and O–H groups in total. The van der Waals surface area contributed by atoms with Gasteiger partial charge in [-0.05, 0) is 35.4 Å². The molecule has 0 unspecified atom stereocenters. The predicted molar refractivity (Wildman–Crippen MR) is 132 cm³/mol. The molecule has 2 aliphatic heterocycles. The lowest BCUT2D eigenvalue weighted by Gasteiger charge is -2.36. The van der Waals surface area contributed by atoms with E-state index in [9.17, 15) is 9.59 Å². The molecular formula is C28H27N3O3. The standard InChI is InChI=1S/C28H27N3O3/c1-34-24-14-12-23(13-15-24)31-27(32)25(22-10-6-3-7-11-22)26(28(31)33)30-18-16-29(17-19-30)20-21-8-4-2-5-9-21/h2-15H,16-20H2,1H3. The number of carbonyl (C=O) groups is 2. The molecule has 0 bridgehead atoms. The van der Waals surface area contributed by atoms with Crippen LogP contribution in [-0.2, 0) is 16.1 Å². The molecule has 0 aliphatic carbocycles. The Labute approximate surface area is 199 Å². The van der Waals surface area contributed by atoms with E-state index in [1.165, 1.54) is 10.5 Å². The molecule has 34 heavy (non-hydrogen) atoms. The third-order valence-electron chi connectivity index (χ3n) is 6.39. The van der Waals surface area contributed by atoms with E-state index in [1.54, 1.807) is 31.4 Å². The van der Waals surface area contributed by atoms with Crippen LogP contribution in [0.15, 0.2) is 90.6 Å². The summed E-state index contributed by atoms with van der Waals surface area (Å²) in [6, 6.07) is 26.9. The molecule has 0 atom stereocenters. The summed E-state index contributed by atoms with van der Waals surface area (Å²) in [6.45, 7) is 3.90. The van der Waals surface area contributed by atoms with Gasteiger partial charge in [0.1, 0.15) is 11.4 Å². The van der Waals surface area contributed by atoms with Gasteiger partial charge in [0.15, 0.2) is 0 Å². The molecule has 6 nitrogen and oxygen atoms in total. The van der Waals surface area contributed by atoms with E-state index in [1.807, 2.05) is 36.4 Å². The number of ether oxygens (including phenoxy) is 1. The van der Waals surface area contributed by atoms with Gasteiger partial charge in [-0.15, -0.1) is 0 Å². The average Bonchev–Trinajstić information content (AvgIpc) is 3.15. The lowest BCUT2D eigenvalue weighted by Crippen LogP contribution is -2.47. The first-order valence-corrected chi connectivity index (χ1v) is 11.5. The Morgan fingerprint density at radius 3 is 1.97 bits per heavy atom. The first-order valence-electron chi connectivity index (χ1n) is 11.5. The number of methoxy groups -OCH3 is 1. The molecule has 0 saturated carbocycles. The van der Waals surface area contributed by atoms with Gasteiger partial charge in [0.05, 0.1) is 18.4 Å². The number of carbonyl (C=O) groups excluding carboxylic acids is 2. The van der Waals surface area contributed by atoms with Gasteiger partial charge < -0.3 is 9.64 Å². The average molecular weight is 454 g/mol. The summed E-state index contributed by atoms with van der Waals surface area (Å²) in [6.07, 6.45) is 0. The van der Waals surface area contributed by atoms with Crippen LogP contribution >= 0.6 is 0 Å². The summed E-state index contributed by atoms with van der Waals surface area (Å²) in [5.74, 6) is 0.113. The number of hydrogen-bond acceptors (Lipinski definition) is 5. The molecule has 1 saturated heterocycles.